The van der Waals surface area contributed by atoms with E-state index in [1.165, 1.54) is 6.20 Å². The standard InChI is InChI=1S/C20H21N5O4/c1-2-29-20(27)13-9-15-16(19(26)24-18(15)23-10-13)12-21-14-3-4-17(22-11-14)25-5-7-28-8-6-25/h3-4,9-12,21H,2,5-8H2,1H3,(H,23,24,26)/b16-12-. The zero-order valence-electron chi connectivity index (χ0n) is 16.0. The summed E-state index contributed by atoms with van der Waals surface area (Å²) >= 11 is 0. The van der Waals surface area contributed by atoms with E-state index in [1.54, 1.807) is 25.4 Å². The lowest BCUT2D eigenvalue weighted by atomic mass is 10.1. The number of fused-ring (bicyclic) bond motifs is 1. The number of carbonyl (C=O) groups is 2. The number of amides is 1. The van der Waals surface area contributed by atoms with Crippen LogP contribution in [0.25, 0.3) is 5.57 Å². The molecule has 0 aromatic carbocycles. The van der Waals surface area contributed by atoms with Crippen LogP contribution in [0.2, 0.25) is 0 Å². The van der Waals surface area contributed by atoms with Gasteiger partial charge < -0.3 is 25.0 Å². The van der Waals surface area contributed by atoms with E-state index in [1.807, 2.05) is 12.1 Å². The molecule has 4 heterocycles. The highest BCUT2D eigenvalue weighted by atomic mass is 16.5. The second-order valence-electron chi connectivity index (χ2n) is 6.50. The highest BCUT2D eigenvalue weighted by Crippen LogP contribution is 2.30. The van der Waals surface area contributed by atoms with Gasteiger partial charge in [-0.2, -0.15) is 0 Å². The summed E-state index contributed by atoms with van der Waals surface area (Å²) in [5.74, 6) is 0.534. The smallest absolute Gasteiger partial charge is 0.339 e. The number of morpholine rings is 1. The molecular weight excluding hydrogens is 374 g/mol. The molecule has 2 N–H and O–H groups in total. The van der Waals surface area contributed by atoms with Gasteiger partial charge in [-0.05, 0) is 25.1 Å². The summed E-state index contributed by atoms with van der Waals surface area (Å²) < 4.78 is 10.4. The minimum absolute atomic E-state index is 0.269. The molecule has 1 saturated heterocycles. The van der Waals surface area contributed by atoms with E-state index in [2.05, 4.69) is 25.5 Å². The van der Waals surface area contributed by atoms with Crippen LogP contribution in [0.1, 0.15) is 22.8 Å². The maximum Gasteiger partial charge on any atom is 0.339 e. The van der Waals surface area contributed by atoms with Crippen molar-refractivity contribution in [2.24, 2.45) is 0 Å². The molecule has 150 valence electrons. The number of nitrogens with one attached hydrogen (secondary N) is 2. The van der Waals surface area contributed by atoms with Gasteiger partial charge in [0, 0.05) is 31.0 Å². The fourth-order valence-corrected chi connectivity index (χ4v) is 3.14. The zero-order chi connectivity index (χ0) is 20.2. The summed E-state index contributed by atoms with van der Waals surface area (Å²) in [4.78, 5) is 35.0. The summed E-state index contributed by atoms with van der Waals surface area (Å²) in [7, 11) is 0. The Bertz CT molecular complexity index is 952. The zero-order valence-corrected chi connectivity index (χ0v) is 16.0. The van der Waals surface area contributed by atoms with Crippen LogP contribution < -0.4 is 15.5 Å². The van der Waals surface area contributed by atoms with Crippen molar-refractivity contribution in [1.82, 2.24) is 9.97 Å². The van der Waals surface area contributed by atoms with Crippen LogP contribution in [0.4, 0.5) is 17.3 Å². The monoisotopic (exact) mass is 395 g/mol. The van der Waals surface area contributed by atoms with E-state index in [0.29, 0.717) is 35.7 Å². The first-order valence-electron chi connectivity index (χ1n) is 9.40. The first-order chi connectivity index (χ1) is 14.2. The van der Waals surface area contributed by atoms with E-state index in [-0.39, 0.29) is 12.5 Å². The van der Waals surface area contributed by atoms with Crippen LogP contribution in [0.15, 0.2) is 36.8 Å². The largest absolute Gasteiger partial charge is 0.462 e. The third-order valence-electron chi connectivity index (χ3n) is 4.63. The molecule has 1 fully saturated rings. The molecule has 9 heteroatoms. The van der Waals surface area contributed by atoms with Crippen LogP contribution in [0, 0.1) is 0 Å². The number of esters is 1. The van der Waals surface area contributed by atoms with Crippen LogP contribution in [-0.4, -0.2) is 54.8 Å². The number of rotatable bonds is 5. The van der Waals surface area contributed by atoms with E-state index in [4.69, 9.17) is 9.47 Å². The fourth-order valence-electron chi connectivity index (χ4n) is 3.14. The third-order valence-corrected chi connectivity index (χ3v) is 4.63. The van der Waals surface area contributed by atoms with Crippen LogP contribution >= 0.6 is 0 Å². The number of hydrogen-bond donors (Lipinski definition) is 2. The lowest BCUT2D eigenvalue weighted by Gasteiger charge is -2.27. The predicted molar refractivity (Wildman–Crippen MR) is 108 cm³/mol. The predicted octanol–water partition coefficient (Wildman–Crippen LogP) is 1.89. The summed E-state index contributed by atoms with van der Waals surface area (Å²) in [6, 6.07) is 5.43. The maximum atomic E-state index is 12.3. The average molecular weight is 395 g/mol. The molecule has 0 spiro atoms. The molecule has 0 unspecified atom stereocenters. The molecule has 0 atom stereocenters. The number of pyridine rings is 2. The SMILES string of the molecule is CCOC(=O)c1cnc2c(c1)/C(=C/Nc1ccc(N3CCOCC3)nc1)C(=O)N2. The minimum Gasteiger partial charge on any atom is -0.462 e. The highest BCUT2D eigenvalue weighted by molar-refractivity contribution is 6.31. The average Bonchev–Trinajstić information content (AvgIpc) is 3.07. The Morgan fingerprint density at radius 3 is 2.86 bits per heavy atom. The van der Waals surface area contributed by atoms with Crippen molar-refractivity contribution in [3.63, 3.8) is 0 Å². The quantitative estimate of drug-likeness (QED) is 0.584. The van der Waals surface area contributed by atoms with Crippen molar-refractivity contribution in [1.29, 1.82) is 0 Å². The molecule has 2 aliphatic heterocycles. The molecule has 29 heavy (non-hydrogen) atoms. The van der Waals surface area contributed by atoms with E-state index in [9.17, 15) is 9.59 Å². The Kier molecular flexibility index (Phi) is 5.39. The van der Waals surface area contributed by atoms with Crippen molar-refractivity contribution >= 4 is 34.8 Å². The van der Waals surface area contributed by atoms with Gasteiger partial charge in [0.05, 0.1) is 42.8 Å². The Morgan fingerprint density at radius 1 is 1.31 bits per heavy atom. The van der Waals surface area contributed by atoms with Gasteiger partial charge in [-0.3, -0.25) is 4.79 Å². The molecule has 0 saturated carbocycles. The summed E-state index contributed by atoms with van der Waals surface area (Å²) in [5, 5.41) is 5.78. The van der Waals surface area contributed by atoms with Crippen molar-refractivity contribution < 1.29 is 19.1 Å². The van der Waals surface area contributed by atoms with Gasteiger partial charge in [-0.1, -0.05) is 0 Å². The Hall–Kier alpha value is -3.46. The normalized spacial score (nSPS) is 17.1. The van der Waals surface area contributed by atoms with Gasteiger partial charge in [0.25, 0.3) is 5.91 Å². The summed E-state index contributed by atoms with van der Waals surface area (Å²) in [5.41, 5.74) is 1.97. The number of nitrogens with zero attached hydrogens (tertiary/aromatic N) is 3. The number of aromatic nitrogens is 2. The van der Waals surface area contributed by atoms with Gasteiger partial charge >= 0.3 is 5.97 Å². The molecule has 0 aliphatic carbocycles. The number of anilines is 3. The number of ether oxygens (including phenoxy) is 2. The summed E-state index contributed by atoms with van der Waals surface area (Å²) in [6.45, 7) is 5.03. The van der Waals surface area contributed by atoms with Crippen LogP contribution in [0.3, 0.4) is 0 Å². The maximum absolute atomic E-state index is 12.3. The van der Waals surface area contributed by atoms with Gasteiger partial charge in [0.1, 0.15) is 11.6 Å². The van der Waals surface area contributed by atoms with Crippen molar-refractivity contribution in [2.45, 2.75) is 6.92 Å². The highest BCUT2D eigenvalue weighted by Gasteiger charge is 2.27. The lowest BCUT2D eigenvalue weighted by Crippen LogP contribution is -2.36. The molecule has 0 bridgehead atoms. The molecular formula is C20H21N5O4. The van der Waals surface area contributed by atoms with Gasteiger partial charge in [0.2, 0.25) is 0 Å². The van der Waals surface area contributed by atoms with Crippen LogP contribution in [0.5, 0.6) is 0 Å². The molecule has 1 amide bonds. The van der Waals surface area contributed by atoms with Gasteiger partial charge in [0.15, 0.2) is 0 Å². The third kappa shape index (κ3) is 4.04. The minimum atomic E-state index is -0.475. The Morgan fingerprint density at radius 2 is 2.14 bits per heavy atom. The van der Waals surface area contributed by atoms with Crippen molar-refractivity contribution in [3.05, 3.63) is 47.9 Å². The second-order valence-corrected chi connectivity index (χ2v) is 6.50. The van der Waals surface area contributed by atoms with E-state index in [0.717, 1.165) is 24.6 Å². The first-order valence-corrected chi connectivity index (χ1v) is 9.40. The van der Waals surface area contributed by atoms with Gasteiger partial charge in [-0.25, -0.2) is 14.8 Å². The van der Waals surface area contributed by atoms with E-state index < -0.39 is 5.97 Å². The molecule has 4 rings (SSSR count). The molecule has 2 aliphatic rings. The topological polar surface area (TPSA) is 106 Å². The van der Waals surface area contributed by atoms with E-state index >= 15 is 0 Å². The van der Waals surface area contributed by atoms with Gasteiger partial charge in [-0.15, -0.1) is 0 Å². The Balaban J connectivity index is 1.51. The molecule has 0 radical (unpaired) electrons. The molecule has 2 aromatic heterocycles. The van der Waals surface area contributed by atoms with Crippen molar-refractivity contribution in [3.8, 4) is 0 Å². The van der Waals surface area contributed by atoms with Crippen molar-refractivity contribution in [2.75, 3.05) is 48.4 Å². The first kappa shape index (κ1) is 18.9. The fraction of sp³-hybridized carbons (Fsp3) is 0.300. The Labute approximate surface area is 167 Å². The van der Waals surface area contributed by atoms with Crippen LogP contribution in [-0.2, 0) is 14.3 Å². The summed E-state index contributed by atoms with van der Waals surface area (Å²) in [6.07, 6.45) is 4.69. The molecule has 9 nitrogen and oxygen atoms in total. The number of carbonyl (C=O) groups excluding carboxylic acids is 2. The number of hydrogen-bond acceptors (Lipinski definition) is 8. The second kappa shape index (κ2) is 8.27. The lowest BCUT2D eigenvalue weighted by molar-refractivity contribution is -0.110. The molecule has 2 aromatic rings.